The van der Waals surface area contributed by atoms with Crippen molar-refractivity contribution in [1.29, 1.82) is 0 Å². The van der Waals surface area contributed by atoms with E-state index >= 15 is 0 Å². The van der Waals surface area contributed by atoms with Gasteiger partial charge in [0.05, 0.1) is 20.4 Å². The highest BCUT2D eigenvalue weighted by atomic mass is 31.1. The van der Waals surface area contributed by atoms with Crippen molar-refractivity contribution in [2.45, 2.75) is 0 Å². The van der Waals surface area contributed by atoms with Crippen molar-refractivity contribution in [1.82, 2.24) is 0 Å². The van der Waals surface area contributed by atoms with Gasteiger partial charge in [-0.3, -0.25) is 9.36 Å². The third kappa shape index (κ3) is 2.84. The van der Waals surface area contributed by atoms with Crippen LogP contribution in [0, 0.1) is 0 Å². The predicted octanol–water partition coefficient (Wildman–Crippen LogP) is 1.35. The first-order valence-electron chi connectivity index (χ1n) is 4.56. The third-order valence-electron chi connectivity index (χ3n) is 2.02. The van der Waals surface area contributed by atoms with Gasteiger partial charge in [-0.1, -0.05) is 6.07 Å². The van der Waals surface area contributed by atoms with Crippen molar-refractivity contribution in [2.24, 2.45) is 0 Å². The average Bonchev–Trinajstić information content (AvgIpc) is 2.26. The molecule has 0 heterocycles. The Morgan fingerprint density at radius 2 is 1.81 bits per heavy atom. The summed E-state index contributed by atoms with van der Waals surface area (Å²) in [4.78, 5) is 20.5. The first-order valence-corrected chi connectivity index (χ1v) is 6.12. The van der Waals surface area contributed by atoms with Crippen LogP contribution in [-0.4, -0.2) is 31.1 Å². The Morgan fingerprint density at radius 1 is 1.31 bits per heavy atom. The van der Waals surface area contributed by atoms with Crippen LogP contribution < -0.4 is 9.47 Å². The number of Topliss-reactive ketones (excluding diaryl/α,β-unsaturated/α-hetero) is 1. The summed E-state index contributed by atoms with van der Waals surface area (Å²) in [7, 11) is 0.00778. The molecule has 0 aromatic heterocycles. The molecule has 0 aliphatic carbocycles. The summed E-state index contributed by atoms with van der Waals surface area (Å²) < 4.78 is 20.7. The molecule has 0 saturated carbocycles. The highest BCUT2D eigenvalue weighted by Crippen LogP contribution is 2.30. The molecular weight excluding hydrogens is 231 g/mol. The average molecular weight is 244 g/mol. The molecule has 88 valence electrons. The Balaban J connectivity index is 3.17. The number of hydrogen-bond acceptors (Lipinski definition) is 4. The van der Waals surface area contributed by atoms with Crippen molar-refractivity contribution < 1.29 is 23.7 Å². The molecule has 5 nitrogen and oxygen atoms in total. The molecule has 1 aromatic rings. The number of hydrogen-bond donors (Lipinski definition) is 1. The van der Waals surface area contributed by atoms with Crippen molar-refractivity contribution in [3.8, 4) is 11.5 Å². The molecule has 0 spiro atoms. The molecule has 0 radical (unpaired) electrons. The SMILES string of the molecule is COc1cccc(OC)c1C(=O)C[PH](=O)O. The topological polar surface area (TPSA) is 72.8 Å². The molecule has 1 N–H and O–H groups in total. The molecule has 16 heavy (non-hydrogen) atoms. The second-order valence-corrected chi connectivity index (χ2v) is 4.17. The smallest absolute Gasteiger partial charge is 0.196 e. The lowest BCUT2D eigenvalue weighted by Crippen LogP contribution is -2.07. The van der Waals surface area contributed by atoms with E-state index in [1.807, 2.05) is 0 Å². The standard InChI is InChI=1S/C10H13O5P/c1-14-8-4-3-5-9(15-2)10(8)7(11)6-16(12)13/h3-5,16H,6H2,1-2H3,(H,12,13). The third-order valence-corrected chi connectivity index (χ3v) is 2.64. The molecule has 1 atom stereocenters. The van der Waals surface area contributed by atoms with Gasteiger partial charge in [-0.25, -0.2) is 0 Å². The summed E-state index contributed by atoms with van der Waals surface area (Å²) in [5, 5.41) is 0. The van der Waals surface area contributed by atoms with Crippen LogP contribution in [-0.2, 0) is 4.57 Å². The zero-order valence-electron chi connectivity index (χ0n) is 9.02. The van der Waals surface area contributed by atoms with Crippen molar-refractivity contribution >= 4 is 13.8 Å². The zero-order chi connectivity index (χ0) is 12.1. The lowest BCUT2D eigenvalue weighted by Gasteiger charge is -2.11. The molecule has 1 rings (SSSR count). The summed E-state index contributed by atoms with van der Waals surface area (Å²) >= 11 is 0. The fourth-order valence-electron chi connectivity index (χ4n) is 1.35. The van der Waals surface area contributed by atoms with E-state index in [0.29, 0.717) is 11.5 Å². The molecule has 6 heteroatoms. The van der Waals surface area contributed by atoms with Gasteiger partial charge in [0.1, 0.15) is 17.1 Å². The molecule has 0 fully saturated rings. The quantitative estimate of drug-likeness (QED) is 0.625. The van der Waals surface area contributed by atoms with Crippen LogP contribution in [0.1, 0.15) is 10.4 Å². The van der Waals surface area contributed by atoms with Crippen LogP contribution >= 0.6 is 8.03 Å². The molecular formula is C10H13O5P. The first-order chi connectivity index (χ1) is 7.60. The second-order valence-electron chi connectivity index (χ2n) is 3.03. The van der Waals surface area contributed by atoms with E-state index in [9.17, 15) is 9.36 Å². The maximum Gasteiger partial charge on any atom is 0.196 e. The normalized spacial score (nSPS) is 11.9. The van der Waals surface area contributed by atoms with E-state index in [-0.39, 0.29) is 5.56 Å². The number of ketones is 1. The highest BCUT2D eigenvalue weighted by Gasteiger charge is 2.19. The first kappa shape index (κ1) is 12.7. The highest BCUT2D eigenvalue weighted by molar-refractivity contribution is 7.39. The number of benzene rings is 1. The van der Waals surface area contributed by atoms with Crippen LogP contribution in [0.15, 0.2) is 18.2 Å². The van der Waals surface area contributed by atoms with E-state index < -0.39 is 20.0 Å². The zero-order valence-corrected chi connectivity index (χ0v) is 10.0. The van der Waals surface area contributed by atoms with Crippen LogP contribution in [0.25, 0.3) is 0 Å². The Bertz CT molecular complexity index is 393. The maximum atomic E-state index is 11.7. The number of carbonyl (C=O) groups is 1. The summed E-state index contributed by atoms with van der Waals surface area (Å²) in [6.45, 7) is 0. The van der Waals surface area contributed by atoms with E-state index in [1.165, 1.54) is 14.2 Å². The molecule has 0 bridgehead atoms. The Hall–Kier alpha value is -1.32. The van der Waals surface area contributed by atoms with Crippen LogP contribution in [0.4, 0.5) is 0 Å². The fourth-order valence-corrected chi connectivity index (χ4v) is 1.80. The molecule has 0 saturated heterocycles. The summed E-state index contributed by atoms with van der Waals surface area (Å²) in [6.07, 6.45) is -0.401. The second kappa shape index (κ2) is 5.68. The lowest BCUT2D eigenvalue weighted by molar-refractivity contribution is 0.101. The van der Waals surface area contributed by atoms with Gasteiger partial charge in [0.25, 0.3) is 0 Å². The molecule has 1 unspecified atom stereocenters. The summed E-state index contributed by atoms with van der Waals surface area (Å²) in [6, 6.07) is 4.88. The van der Waals surface area contributed by atoms with E-state index in [1.54, 1.807) is 18.2 Å². The summed E-state index contributed by atoms with van der Waals surface area (Å²) in [5.41, 5.74) is 0.208. The lowest BCUT2D eigenvalue weighted by atomic mass is 10.1. The van der Waals surface area contributed by atoms with E-state index in [4.69, 9.17) is 14.4 Å². The minimum Gasteiger partial charge on any atom is -0.496 e. The number of methoxy groups -OCH3 is 2. The van der Waals surface area contributed by atoms with Crippen molar-refractivity contribution in [2.75, 3.05) is 20.4 Å². The van der Waals surface area contributed by atoms with Gasteiger partial charge in [-0.15, -0.1) is 0 Å². The Morgan fingerprint density at radius 3 is 2.19 bits per heavy atom. The minimum atomic E-state index is -2.84. The van der Waals surface area contributed by atoms with Crippen LogP contribution in [0.3, 0.4) is 0 Å². The van der Waals surface area contributed by atoms with E-state index in [0.717, 1.165) is 0 Å². The largest absolute Gasteiger partial charge is 0.496 e. The van der Waals surface area contributed by atoms with Gasteiger partial charge >= 0.3 is 0 Å². The Kier molecular flexibility index (Phi) is 4.52. The maximum absolute atomic E-state index is 11.7. The van der Waals surface area contributed by atoms with E-state index in [2.05, 4.69) is 0 Å². The minimum absolute atomic E-state index is 0.208. The number of carbonyl (C=O) groups excluding carboxylic acids is 1. The summed E-state index contributed by atoms with van der Waals surface area (Å²) in [5.74, 6) is 0.223. The Labute approximate surface area is 93.9 Å². The predicted molar refractivity (Wildman–Crippen MR) is 60.0 cm³/mol. The van der Waals surface area contributed by atoms with Gasteiger partial charge in [-0.05, 0) is 12.1 Å². The molecule has 0 aliphatic heterocycles. The van der Waals surface area contributed by atoms with Gasteiger partial charge in [0.15, 0.2) is 13.8 Å². The van der Waals surface area contributed by atoms with Crippen molar-refractivity contribution in [3.05, 3.63) is 23.8 Å². The van der Waals surface area contributed by atoms with Gasteiger partial charge in [0.2, 0.25) is 0 Å². The van der Waals surface area contributed by atoms with Crippen LogP contribution in [0.5, 0.6) is 11.5 Å². The van der Waals surface area contributed by atoms with Gasteiger partial charge in [-0.2, -0.15) is 0 Å². The molecule has 0 amide bonds. The number of ether oxygens (including phenoxy) is 2. The fraction of sp³-hybridized carbons (Fsp3) is 0.300. The van der Waals surface area contributed by atoms with Crippen molar-refractivity contribution in [3.63, 3.8) is 0 Å². The number of rotatable bonds is 5. The van der Waals surface area contributed by atoms with Gasteiger partial charge in [0, 0.05) is 0 Å². The van der Waals surface area contributed by atoms with Crippen LogP contribution in [0.2, 0.25) is 0 Å². The molecule has 1 aromatic carbocycles. The molecule has 0 aliphatic rings. The monoisotopic (exact) mass is 244 g/mol. The van der Waals surface area contributed by atoms with Gasteiger partial charge < -0.3 is 14.4 Å².